The molecule has 1 fully saturated rings. The Hall–Kier alpha value is -1.02. The third kappa shape index (κ3) is 3.47. The SMILES string of the molecule is COc1ccc(CCN2CCCCC2C)cc1. The summed E-state index contributed by atoms with van der Waals surface area (Å²) in [6.07, 6.45) is 5.28. The van der Waals surface area contributed by atoms with Crippen LogP contribution in [-0.2, 0) is 6.42 Å². The minimum absolute atomic E-state index is 0.766. The zero-order valence-electron chi connectivity index (χ0n) is 11.0. The summed E-state index contributed by atoms with van der Waals surface area (Å²) in [5.41, 5.74) is 1.41. The van der Waals surface area contributed by atoms with Crippen LogP contribution in [-0.4, -0.2) is 31.1 Å². The van der Waals surface area contributed by atoms with Gasteiger partial charge < -0.3 is 9.64 Å². The Kier molecular flexibility index (Phi) is 4.43. The zero-order chi connectivity index (χ0) is 12.1. The van der Waals surface area contributed by atoms with Crippen LogP contribution >= 0.6 is 0 Å². The van der Waals surface area contributed by atoms with Crippen LogP contribution < -0.4 is 4.74 Å². The van der Waals surface area contributed by atoms with Crippen molar-refractivity contribution in [1.29, 1.82) is 0 Å². The maximum Gasteiger partial charge on any atom is 0.118 e. The molecule has 1 aromatic carbocycles. The van der Waals surface area contributed by atoms with Gasteiger partial charge in [-0.2, -0.15) is 0 Å². The van der Waals surface area contributed by atoms with Gasteiger partial charge in [-0.3, -0.25) is 0 Å². The van der Waals surface area contributed by atoms with Crippen molar-refractivity contribution in [2.75, 3.05) is 20.2 Å². The van der Waals surface area contributed by atoms with Crippen molar-refractivity contribution in [3.63, 3.8) is 0 Å². The summed E-state index contributed by atoms with van der Waals surface area (Å²) in [5, 5.41) is 0. The maximum absolute atomic E-state index is 5.17. The van der Waals surface area contributed by atoms with Crippen LogP contribution in [0.5, 0.6) is 5.75 Å². The van der Waals surface area contributed by atoms with Gasteiger partial charge in [0.25, 0.3) is 0 Å². The second kappa shape index (κ2) is 6.06. The van der Waals surface area contributed by atoms with E-state index in [0.29, 0.717) is 0 Å². The van der Waals surface area contributed by atoms with Crippen molar-refractivity contribution in [2.45, 2.75) is 38.6 Å². The number of likely N-dealkylation sites (tertiary alicyclic amines) is 1. The third-order valence-corrected chi connectivity index (χ3v) is 3.79. The Morgan fingerprint density at radius 2 is 2.00 bits per heavy atom. The minimum Gasteiger partial charge on any atom is -0.497 e. The van der Waals surface area contributed by atoms with Crippen LogP contribution in [0.25, 0.3) is 0 Å². The van der Waals surface area contributed by atoms with Gasteiger partial charge in [0.05, 0.1) is 7.11 Å². The largest absolute Gasteiger partial charge is 0.497 e. The molecule has 0 aliphatic carbocycles. The van der Waals surface area contributed by atoms with Gasteiger partial charge in [-0.25, -0.2) is 0 Å². The predicted octanol–water partition coefficient (Wildman–Crippen LogP) is 3.11. The molecule has 0 amide bonds. The Labute approximate surface area is 105 Å². The minimum atomic E-state index is 0.766. The van der Waals surface area contributed by atoms with E-state index in [4.69, 9.17) is 4.74 Å². The van der Waals surface area contributed by atoms with E-state index in [1.165, 1.54) is 37.9 Å². The zero-order valence-corrected chi connectivity index (χ0v) is 11.0. The van der Waals surface area contributed by atoms with Crippen molar-refractivity contribution in [2.24, 2.45) is 0 Å². The lowest BCUT2D eigenvalue weighted by Crippen LogP contribution is -2.38. The molecule has 0 aromatic heterocycles. The molecule has 0 spiro atoms. The van der Waals surface area contributed by atoms with E-state index in [-0.39, 0.29) is 0 Å². The fourth-order valence-electron chi connectivity index (χ4n) is 2.55. The molecule has 1 atom stereocenters. The first kappa shape index (κ1) is 12.4. The number of nitrogens with zero attached hydrogens (tertiary/aromatic N) is 1. The number of benzene rings is 1. The standard InChI is InChI=1S/C15H23NO/c1-13-5-3-4-11-16(13)12-10-14-6-8-15(17-2)9-7-14/h6-9,13H,3-5,10-12H2,1-2H3. The van der Waals surface area contributed by atoms with Gasteiger partial charge in [0.1, 0.15) is 5.75 Å². The molecule has 0 saturated carbocycles. The fourth-order valence-corrected chi connectivity index (χ4v) is 2.55. The molecule has 0 radical (unpaired) electrons. The van der Waals surface area contributed by atoms with Gasteiger partial charge in [0.2, 0.25) is 0 Å². The molecular weight excluding hydrogens is 210 g/mol. The number of piperidine rings is 1. The van der Waals surface area contributed by atoms with E-state index in [2.05, 4.69) is 36.1 Å². The topological polar surface area (TPSA) is 12.5 Å². The highest BCUT2D eigenvalue weighted by Crippen LogP contribution is 2.17. The summed E-state index contributed by atoms with van der Waals surface area (Å²) in [7, 11) is 1.71. The van der Waals surface area contributed by atoms with Crippen LogP contribution in [0.1, 0.15) is 31.7 Å². The lowest BCUT2D eigenvalue weighted by atomic mass is 10.0. The van der Waals surface area contributed by atoms with E-state index >= 15 is 0 Å². The molecule has 0 N–H and O–H groups in total. The Morgan fingerprint density at radius 1 is 1.24 bits per heavy atom. The number of hydrogen-bond acceptors (Lipinski definition) is 2. The maximum atomic E-state index is 5.17. The van der Waals surface area contributed by atoms with Gasteiger partial charge in [0.15, 0.2) is 0 Å². The van der Waals surface area contributed by atoms with Crippen LogP contribution in [0.4, 0.5) is 0 Å². The van der Waals surface area contributed by atoms with Crippen molar-refractivity contribution < 1.29 is 4.74 Å². The first-order chi connectivity index (χ1) is 8.29. The molecule has 1 heterocycles. The molecule has 0 bridgehead atoms. The smallest absolute Gasteiger partial charge is 0.118 e. The fraction of sp³-hybridized carbons (Fsp3) is 0.600. The van der Waals surface area contributed by atoms with Gasteiger partial charge in [-0.15, -0.1) is 0 Å². The molecular formula is C15H23NO. The average Bonchev–Trinajstić information content (AvgIpc) is 2.38. The number of ether oxygens (including phenoxy) is 1. The number of methoxy groups -OCH3 is 1. The molecule has 2 rings (SSSR count). The highest BCUT2D eigenvalue weighted by atomic mass is 16.5. The second-order valence-corrected chi connectivity index (χ2v) is 4.98. The normalized spacial score (nSPS) is 21.4. The van der Waals surface area contributed by atoms with Gasteiger partial charge >= 0.3 is 0 Å². The molecule has 2 heteroatoms. The van der Waals surface area contributed by atoms with Gasteiger partial charge in [-0.05, 0) is 50.4 Å². The molecule has 1 saturated heterocycles. The number of rotatable bonds is 4. The quantitative estimate of drug-likeness (QED) is 0.792. The third-order valence-electron chi connectivity index (χ3n) is 3.79. The molecule has 17 heavy (non-hydrogen) atoms. The summed E-state index contributed by atoms with van der Waals surface area (Å²) in [6.45, 7) is 4.82. The Balaban J connectivity index is 1.84. The van der Waals surface area contributed by atoms with Crippen LogP contribution in [0.2, 0.25) is 0 Å². The highest BCUT2D eigenvalue weighted by Gasteiger charge is 2.17. The van der Waals surface area contributed by atoms with Crippen molar-refractivity contribution in [3.05, 3.63) is 29.8 Å². The van der Waals surface area contributed by atoms with E-state index in [1.807, 2.05) is 0 Å². The van der Waals surface area contributed by atoms with Crippen LogP contribution in [0.3, 0.4) is 0 Å². The molecule has 1 aliphatic heterocycles. The number of hydrogen-bond donors (Lipinski definition) is 0. The molecule has 2 nitrogen and oxygen atoms in total. The van der Waals surface area contributed by atoms with E-state index < -0.39 is 0 Å². The van der Waals surface area contributed by atoms with Crippen LogP contribution in [0, 0.1) is 0 Å². The van der Waals surface area contributed by atoms with Gasteiger partial charge in [0, 0.05) is 12.6 Å². The summed E-state index contributed by atoms with van der Waals surface area (Å²) in [4.78, 5) is 2.62. The summed E-state index contributed by atoms with van der Waals surface area (Å²) >= 11 is 0. The lowest BCUT2D eigenvalue weighted by molar-refractivity contribution is 0.163. The molecule has 94 valence electrons. The first-order valence-electron chi connectivity index (χ1n) is 6.66. The van der Waals surface area contributed by atoms with Crippen molar-refractivity contribution >= 4 is 0 Å². The molecule has 1 aromatic rings. The van der Waals surface area contributed by atoms with Crippen molar-refractivity contribution in [3.8, 4) is 5.75 Å². The monoisotopic (exact) mass is 233 g/mol. The summed E-state index contributed by atoms with van der Waals surface area (Å²) < 4.78 is 5.17. The first-order valence-corrected chi connectivity index (χ1v) is 6.66. The van der Waals surface area contributed by atoms with Crippen molar-refractivity contribution in [1.82, 2.24) is 4.90 Å². The Morgan fingerprint density at radius 3 is 2.65 bits per heavy atom. The van der Waals surface area contributed by atoms with Gasteiger partial charge in [-0.1, -0.05) is 18.6 Å². The summed E-state index contributed by atoms with van der Waals surface area (Å²) in [6, 6.07) is 9.21. The lowest BCUT2D eigenvalue weighted by Gasteiger charge is -2.33. The Bertz CT molecular complexity index is 333. The van der Waals surface area contributed by atoms with Crippen LogP contribution in [0.15, 0.2) is 24.3 Å². The molecule has 1 unspecified atom stereocenters. The summed E-state index contributed by atoms with van der Waals surface area (Å²) in [5.74, 6) is 0.945. The van der Waals surface area contributed by atoms with E-state index in [0.717, 1.165) is 18.2 Å². The highest BCUT2D eigenvalue weighted by molar-refractivity contribution is 5.27. The second-order valence-electron chi connectivity index (χ2n) is 4.98. The van der Waals surface area contributed by atoms with E-state index in [9.17, 15) is 0 Å². The molecule has 1 aliphatic rings. The predicted molar refractivity (Wildman–Crippen MR) is 71.6 cm³/mol. The average molecular weight is 233 g/mol. The van der Waals surface area contributed by atoms with E-state index in [1.54, 1.807) is 7.11 Å².